The molecule has 0 saturated heterocycles. The molecule has 0 aliphatic heterocycles. The summed E-state index contributed by atoms with van der Waals surface area (Å²) < 4.78 is 19.5. The van der Waals surface area contributed by atoms with Crippen molar-refractivity contribution in [2.75, 3.05) is 5.32 Å². The van der Waals surface area contributed by atoms with E-state index in [0.717, 1.165) is 25.7 Å². The van der Waals surface area contributed by atoms with Crippen LogP contribution in [0.1, 0.15) is 46.6 Å². The second-order valence-electron chi connectivity index (χ2n) is 7.10. The largest absolute Gasteiger partial charge is 0.451 e. The van der Waals surface area contributed by atoms with Gasteiger partial charge in [-0.25, -0.2) is 4.39 Å². The summed E-state index contributed by atoms with van der Waals surface area (Å²) in [5.74, 6) is -0.842. The van der Waals surface area contributed by atoms with Crippen LogP contribution in [0.25, 0.3) is 11.3 Å². The van der Waals surface area contributed by atoms with E-state index in [0.29, 0.717) is 11.3 Å². The fraction of sp³-hybridized carbons (Fsp3) is 0.217. The van der Waals surface area contributed by atoms with Crippen LogP contribution in [-0.2, 0) is 0 Å². The molecule has 1 heterocycles. The molecule has 1 saturated carbocycles. The first-order valence-corrected chi connectivity index (χ1v) is 9.68. The summed E-state index contributed by atoms with van der Waals surface area (Å²) in [7, 11) is 0. The Hall–Kier alpha value is -3.41. The lowest BCUT2D eigenvalue weighted by Gasteiger charge is -2.14. The predicted octanol–water partition coefficient (Wildman–Crippen LogP) is 5.01. The zero-order chi connectivity index (χ0) is 20.2. The molecule has 0 atom stereocenters. The van der Waals surface area contributed by atoms with E-state index in [1.54, 1.807) is 48.5 Å². The van der Waals surface area contributed by atoms with E-state index in [1.807, 2.05) is 0 Å². The average molecular weight is 392 g/mol. The summed E-state index contributed by atoms with van der Waals surface area (Å²) in [4.78, 5) is 25.3. The maximum atomic E-state index is 13.9. The normalized spacial score (nSPS) is 14.0. The van der Waals surface area contributed by atoms with E-state index >= 15 is 0 Å². The van der Waals surface area contributed by atoms with Gasteiger partial charge in [-0.3, -0.25) is 9.59 Å². The van der Waals surface area contributed by atoms with Crippen molar-refractivity contribution in [3.8, 4) is 11.3 Å². The molecule has 5 nitrogen and oxygen atoms in total. The molecule has 4 rings (SSSR count). The summed E-state index contributed by atoms with van der Waals surface area (Å²) in [6.07, 6.45) is 4.19. The minimum Gasteiger partial charge on any atom is -0.451 e. The fourth-order valence-corrected chi connectivity index (χ4v) is 3.57. The van der Waals surface area contributed by atoms with Gasteiger partial charge in [-0.05, 0) is 49.2 Å². The number of nitrogens with one attached hydrogen (secondary N) is 2. The van der Waals surface area contributed by atoms with Crippen molar-refractivity contribution in [1.82, 2.24) is 5.32 Å². The second kappa shape index (κ2) is 8.31. The Morgan fingerprint density at radius 1 is 0.897 bits per heavy atom. The van der Waals surface area contributed by atoms with Gasteiger partial charge >= 0.3 is 0 Å². The summed E-state index contributed by atoms with van der Waals surface area (Å²) in [6.45, 7) is 0. The highest BCUT2D eigenvalue weighted by Gasteiger charge is 2.21. The molecule has 0 spiro atoms. The van der Waals surface area contributed by atoms with Crippen molar-refractivity contribution < 1.29 is 18.4 Å². The zero-order valence-electron chi connectivity index (χ0n) is 15.8. The van der Waals surface area contributed by atoms with Gasteiger partial charge in [0.15, 0.2) is 5.76 Å². The predicted molar refractivity (Wildman–Crippen MR) is 108 cm³/mol. The maximum absolute atomic E-state index is 13.9. The quantitative estimate of drug-likeness (QED) is 0.641. The monoisotopic (exact) mass is 392 g/mol. The SMILES string of the molecule is O=C(Nc1ccccc1C(=O)NC1CCCC1)c1ccc(-c2ccccc2F)o1. The van der Waals surface area contributed by atoms with Gasteiger partial charge in [0.05, 0.1) is 16.8 Å². The van der Waals surface area contributed by atoms with Crippen LogP contribution in [0, 0.1) is 5.82 Å². The average Bonchev–Trinajstić information content (AvgIpc) is 3.41. The molecule has 2 N–H and O–H groups in total. The van der Waals surface area contributed by atoms with E-state index in [1.165, 1.54) is 12.1 Å². The molecule has 1 fully saturated rings. The van der Waals surface area contributed by atoms with Gasteiger partial charge in [0.1, 0.15) is 11.6 Å². The van der Waals surface area contributed by atoms with Crippen molar-refractivity contribution in [2.24, 2.45) is 0 Å². The Morgan fingerprint density at radius 3 is 2.41 bits per heavy atom. The summed E-state index contributed by atoms with van der Waals surface area (Å²) in [5, 5.41) is 5.75. The number of hydrogen-bond donors (Lipinski definition) is 2. The molecule has 6 heteroatoms. The van der Waals surface area contributed by atoms with Crippen LogP contribution in [0.3, 0.4) is 0 Å². The highest BCUT2D eigenvalue weighted by molar-refractivity contribution is 6.08. The number of halogens is 1. The molecule has 29 heavy (non-hydrogen) atoms. The maximum Gasteiger partial charge on any atom is 0.291 e. The Morgan fingerprint density at radius 2 is 1.62 bits per heavy atom. The van der Waals surface area contributed by atoms with Crippen LogP contribution in [0.2, 0.25) is 0 Å². The number of benzene rings is 2. The number of amides is 2. The van der Waals surface area contributed by atoms with Crippen LogP contribution in [-0.4, -0.2) is 17.9 Å². The molecule has 0 radical (unpaired) electrons. The number of rotatable bonds is 5. The third-order valence-electron chi connectivity index (χ3n) is 5.08. The van der Waals surface area contributed by atoms with Gasteiger partial charge < -0.3 is 15.1 Å². The smallest absolute Gasteiger partial charge is 0.291 e. The van der Waals surface area contributed by atoms with E-state index in [2.05, 4.69) is 10.6 Å². The van der Waals surface area contributed by atoms with Crippen LogP contribution in [0.15, 0.2) is 65.1 Å². The Balaban J connectivity index is 1.50. The first-order chi connectivity index (χ1) is 14.1. The number of carbonyl (C=O) groups excluding carboxylic acids is 2. The number of furan rings is 1. The van der Waals surface area contributed by atoms with Crippen LogP contribution < -0.4 is 10.6 Å². The summed E-state index contributed by atoms with van der Waals surface area (Å²) >= 11 is 0. The highest BCUT2D eigenvalue weighted by Crippen LogP contribution is 2.26. The molecular formula is C23H21FN2O3. The topological polar surface area (TPSA) is 71.3 Å². The third kappa shape index (κ3) is 4.21. The molecule has 0 unspecified atom stereocenters. The molecule has 3 aromatic rings. The number of para-hydroxylation sites is 1. The van der Waals surface area contributed by atoms with Gasteiger partial charge in [-0.1, -0.05) is 37.1 Å². The molecule has 0 bridgehead atoms. The first kappa shape index (κ1) is 18.9. The van der Waals surface area contributed by atoms with E-state index < -0.39 is 11.7 Å². The van der Waals surface area contributed by atoms with Crippen LogP contribution in [0.5, 0.6) is 0 Å². The molecule has 1 aromatic heterocycles. The van der Waals surface area contributed by atoms with Crippen molar-refractivity contribution in [3.63, 3.8) is 0 Å². The standard InChI is InChI=1S/C23H21FN2O3/c24-18-11-5-3-9-16(18)20-13-14-21(29-20)23(28)26-19-12-6-4-10-17(19)22(27)25-15-7-1-2-8-15/h3-6,9-15H,1-2,7-8H2,(H,25,27)(H,26,28). The van der Waals surface area contributed by atoms with Crippen molar-refractivity contribution in [1.29, 1.82) is 0 Å². The van der Waals surface area contributed by atoms with Gasteiger partial charge in [-0.15, -0.1) is 0 Å². The Labute approximate surface area is 167 Å². The van der Waals surface area contributed by atoms with Gasteiger partial charge in [0.25, 0.3) is 11.8 Å². The lowest BCUT2D eigenvalue weighted by atomic mass is 10.1. The van der Waals surface area contributed by atoms with E-state index in [4.69, 9.17) is 4.42 Å². The number of anilines is 1. The summed E-state index contributed by atoms with van der Waals surface area (Å²) in [6, 6.07) is 16.2. The Kier molecular flexibility index (Phi) is 5.42. The molecule has 148 valence electrons. The van der Waals surface area contributed by atoms with Crippen molar-refractivity contribution in [2.45, 2.75) is 31.7 Å². The second-order valence-corrected chi connectivity index (χ2v) is 7.10. The molecule has 2 amide bonds. The third-order valence-corrected chi connectivity index (χ3v) is 5.08. The summed E-state index contributed by atoms with van der Waals surface area (Å²) in [5.41, 5.74) is 1.08. The highest BCUT2D eigenvalue weighted by atomic mass is 19.1. The zero-order valence-corrected chi connectivity index (χ0v) is 15.8. The molecule has 2 aromatic carbocycles. The number of carbonyl (C=O) groups is 2. The Bertz CT molecular complexity index is 1040. The molecule has 1 aliphatic rings. The first-order valence-electron chi connectivity index (χ1n) is 9.68. The van der Waals surface area contributed by atoms with Crippen LogP contribution >= 0.6 is 0 Å². The minimum atomic E-state index is -0.506. The van der Waals surface area contributed by atoms with Crippen LogP contribution in [0.4, 0.5) is 10.1 Å². The van der Waals surface area contributed by atoms with Crippen molar-refractivity contribution >= 4 is 17.5 Å². The molecular weight excluding hydrogens is 371 g/mol. The lowest BCUT2D eigenvalue weighted by Crippen LogP contribution is -2.33. The van der Waals surface area contributed by atoms with Crippen molar-refractivity contribution in [3.05, 3.63) is 77.8 Å². The lowest BCUT2D eigenvalue weighted by molar-refractivity contribution is 0.0938. The van der Waals surface area contributed by atoms with Gasteiger partial charge in [0.2, 0.25) is 0 Å². The molecule has 1 aliphatic carbocycles. The number of hydrogen-bond acceptors (Lipinski definition) is 3. The fourth-order valence-electron chi connectivity index (χ4n) is 3.57. The minimum absolute atomic E-state index is 0.0363. The van der Waals surface area contributed by atoms with E-state index in [-0.39, 0.29) is 29.0 Å². The van der Waals surface area contributed by atoms with E-state index in [9.17, 15) is 14.0 Å². The van der Waals surface area contributed by atoms with Gasteiger partial charge in [0, 0.05) is 6.04 Å². The van der Waals surface area contributed by atoms with Gasteiger partial charge in [-0.2, -0.15) is 0 Å².